The van der Waals surface area contributed by atoms with Gasteiger partial charge >= 0.3 is 0 Å². The molecule has 0 aliphatic heterocycles. The average Bonchev–Trinajstić information content (AvgIpc) is 1.97. The van der Waals surface area contributed by atoms with Crippen molar-refractivity contribution >= 4 is 5.91 Å². The van der Waals surface area contributed by atoms with Crippen molar-refractivity contribution in [3.8, 4) is 0 Å². The second-order valence-electron chi connectivity index (χ2n) is 4.60. The Balaban J connectivity index is 3.92. The lowest BCUT2D eigenvalue weighted by Crippen LogP contribution is -2.46. The average molecular weight is 202 g/mol. The molecule has 0 rings (SSSR count). The maximum atomic E-state index is 11.1. The fourth-order valence-electron chi connectivity index (χ4n) is 1.39. The molecule has 4 heteroatoms. The zero-order chi connectivity index (χ0) is 11.4. The Morgan fingerprint density at radius 2 is 2.00 bits per heavy atom. The van der Waals surface area contributed by atoms with Crippen LogP contribution in [0.4, 0.5) is 0 Å². The van der Waals surface area contributed by atoms with Gasteiger partial charge < -0.3 is 16.2 Å². The zero-order valence-corrected chi connectivity index (χ0v) is 9.50. The number of rotatable bonds is 5. The van der Waals surface area contributed by atoms with Gasteiger partial charge in [-0.1, -0.05) is 13.8 Å². The van der Waals surface area contributed by atoms with E-state index in [9.17, 15) is 9.90 Å². The predicted molar refractivity (Wildman–Crippen MR) is 56.7 cm³/mol. The van der Waals surface area contributed by atoms with Crippen LogP contribution in [0.2, 0.25) is 0 Å². The van der Waals surface area contributed by atoms with Crippen molar-refractivity contribution in [2.75, 3.05) is 6.54 Å². The number of carbonyl (C=O) groups excluding carboxylic acids is 1. The molecule has 0 spiro atoms. The molecule has 2 atom stereocenters. The van der Waals surface area contributed by atoms with Crippen LogP contribution < -0.4 is 11.1 Å². The minimum Gasteiger partial charge on any atom is -0.388 e. The summed E-state index contributed by atoms with van der Waals surface area (Å²) in [6.07, 6.45) is 0.659. The van der Waals surface area contributed by atoms with Crippen molar-refractivity contribution in [3.05, 3.63) is 0 Å². The summed E-state index contributed by atoms with van der Waals surface area (Å²) < 4.78 is 0. The van der Waals surface area contributed by atoms with E-state index in [2.05, 4.69) is 5.32 Å². The molecule has 0 aromatic heterocycles. The molecular weight excluding hydrogens is 180 g/mol. The van der Waals surface area contributed by atoms with Gasteiger partial charge in [-0.05, 0) is 26.2 Å². The van der Waals surface area contributed by atoms with Gasteiger partial charge in [0.2, 0.25) is 5.91 Å². The van der Waals surface area contributed by atoms with Crippen LogP contribution in [-0.4, -0.2) is 29.2 Å². The van der Waals surface area contributed by atoms with Crippen LogP contribution >= 0.6 is 0 Å². The molecule has 0 heterocycles. The Kier molecular flexibility index (Phi) is 5.08. The highest BCUT2D eigenvalue weighted by Crippen LogP contribution is 2.14. The van der Waals surface area contributed by atoms with Crippen molar-refractivity contribution in [2.45, 2.75) is 45.8 Å². The molecule has 84 valence electrons. The Morgan fingerprint density at radius 1 is 1.50 bits per heavy atom. The zero-order valence-electron chi connectivity index (χ0n) is 9.50. The van der Waals surface area contributed by atoms with Crippen LogP contribution in [0.15, 0.2) is 0 Å². The maximum absolute atomic E-state index is 11.1. The van der Waals surface area contributed by atoms with Crippen molar-refractivity contribution in [3.63, 3.8) is 0 Å². The lowest BCUT2D eigenvalue weighted by atomic mass is 9.94. The molecule has 0 aromatic carbocycles. The van der Waals surface area contributed by atoms with Gasteiger partial charge in [0.15, 0.2) is 0 Å². The van der Waals surface area contributed by atoms with Gasteiger partial charge in [0, 0.05) is 6.54 Å². The third kappa shape index (κ3) is 5.94. The fourth-order valence-corrected chi connectivity index (χ4v) is 1.39. The Morgan fingerprint density at radius 3 is 2.36 bits per heavy atom. The predicted octanol–water partition coefficient (Wildman–Crippen LogP) is 0.247. The molecule has 1 unspecified atom stereocenters. The first-order valence-electron chi connectivity index (χ1n) is 5.00. The van der Waals surface area contributed by atoms with Gasteiger partial charge in [0.05, 0.1) is 11.6 Å². The summed E-state index contributed by atoms with van der Waals surface area (Å²) in [5.74, 6) is 0.172. The van der Waals surface area contributed by atoms with Crippen LogP contribution in [-0.2, 0) is 4.79 Å². The van der Waals surface area contributed by atoms with Crippen LogP contribution in [0.5, 0.6) is 0 Å². The number of carbonyl (C=O) groups is 1. The number of hydrogen-bond donors (Lipinski definition) is 3. The van der Waals surface area contributed by atoms with Gasteiger partial charge in [-0.25, -0.2) is 0 Å². The quantitative estimate of drug-likeness (QED) is 0.598. The van der Waals surface area contributed by atoms with Crippen molar-refractivity contribution < 1.29 is 9.90 Å². The minimum atomic E-state index is -0.848. The first kappa shape index (κ1) is 13.4. The van der Waals surface area contributed by atoms with Gasteiger partial charge in [0.25, 0.3) is 0 Å². The smallest absolute Gasteiger partial charge is 0.236 e. The first-order valence-corrected chi connectivity index (χ1v) is 5.00. The highest BCUT2D eigenvalue weighted by atomic mass is 16.3. The second-order valence-corrected chi connectivity index (χ2v) is 4.60. The van der Waals surface area contributed by atoms with E-state index in [0.717, 1.165) is 0 Å². The Labute approximate surface area is 85.9 Å². The topological polar surface area (TPSA) is 75.3 Å². The Hall–Kier alpha value is -0.610. The molecule has 0 aromatic rings. The largest absolute Gasteiger partial charge is 0.388 e. The third-order valence-electron chi connectivity index (χ3n) is 1.91. The van der Waals surface area contributed by atoms with Gasteiger partial charge in [0.1, 0.15) is 0 Å². The van der Waals surface area contributed by atoms with Crippen molar-refractivity contribution in [1.29, 1.82) is 0 Å². The van der Waals surface area contributed by atoms with E-state index >= 15 is 0 Å². The second kappa shape index (κ2) is 5.32. The fraction of sp³-hybridized carbons (Fsp3) is 0.900. The molecule has 0 radical (unpaired) electrons. The van der Waals surface area contributed by atoms with Crippen LogP contribution in [0.1, 0.15) is 34.1 Å². The van der Waals surface area contributed by atoms with E-state index < -0.39 is 11.6 Å². The van der Waals surface area contributed by atoms with Crippen LogP contribution in [0.25, 0.3) is 0 Å². The highest BCUT2D eigenvalue weighted by molar-refractivity contribution is 5.80. The van der Waals surface area contributed by atoms with E-state index in [4.69, 9.17) is 5.73 Å². The maximum Gasteiger partial charge on any atom is 0.236 e. The third-order valence-corrected chi connectivity index (χ3v) is 1.91. The number of aliphatic hydroxyl groups is 1. The van der Waals surface area contributed by atoms with Crippen LogP contribution in [0.3, 0.4) is 0 Å². The Bertz CT molecular complexity index is 189. The van der Waals surface area contributed by atoms with Gasteiger partial charge in [-0.2, -0.15) is 0 Å². The molecule has 4 nitrogen and oxygen atoms in total. The first-order chi connectivity index (χ1) is 6.24. The number of nitrogens with one attached hydrogen (secondary N) is 1. The number of hydrogen-bond acceptors (Lipinski definition) is 3. The summed E-state index contributed by atoms with van der Waals surface area (Å²) in [6.45, 7) is 7.65. The molecule has 14 heavy (non-hydrogen) atoms. The molecule has 0 fully saturated rings. The summed E-state index contributed by atoms with van der Waals surface area (Å²) in [7, 11) is 0. The molecule has 0 saturated carbocycles. The normalized spacial score (nSPS) is 17.6. The lowest BCUT2D eigenvalue weighted by molar-refractivity contribution is -0.123. The summed E-state index contributed by atoms with van der Waals surface area (Å²) in [6, 6.07) is -0.523. The molecular formula is C10H22N2O2. The molecule has 1 amide bonds. The van der Waals surface area contributed by atoms with Crippen molar-refractivity contribution in [1.82, 2.24) is 5.32 Å². The summed E-state index contributed by atoms with van der Waals surface area (Å²) >= 11 is 0. The highest BCUT2D eigenvalue weighted by Gasteiger charge is 2.22. The summed E-state index contributed by atoms with van der Waals surface area (Å²) in [5, 5.41) is 12.5. The van der Waals surface area contributed by atoms with E-state index in [0.29, 0.717) is 12.3 Å². The molecule has 0 aliphatic rings. The summed E-state index contributed by atoms with van der Waals surface area (Å²) in [5.41, 5.74) is 4.52. The van der Waals surface area contributed by atoms with Crippen molar-refractivity contribution in [2.24, 2.45) is 11.7 Å². The summed E-state index contributed by atoms with van der Waals surface area (Å²) in [4.78, 5) is 11.1. The molecule has 0 aliphatic carbocycles. The van der Waals surface area contributed by atoms with E-state index in [1.165, 1.54) is 0 Å². The number of nitrogens with two attached hydrogens (primary N) is 1. The minimum absolute atomic E-state index is 0.228. The molecule has 4 N–H and O–H groups in total. The molecule has 0 bridgehead atoms. The standard InChI is InChI=1S/C10H22N2O2/c1-7(2)5-10(4,14)6-12-9(13)8(3)11/h7-8,14H,5-6,11H2,1-4H3,(H,12,13)/t8-,10?/m0/s1. The van der Waals surface area contributed by atoms with Crippen LogP contribution in [0, 0.1) is 5.92 Å². The van der Waals surface area contributed by atoms with Gasteiger partial charge in [-0.15, -0.1) is 0 Å². The van der Waals surface area contributed by atoms with Gasteiger partial charge in [-0.3, -0.25) is 4.79 Å². The van der Waals surface area contributed by atoms with E-state index in [1.807, 2.05) is 13.8 Å². The van der Waals surface area contributed by atoms with E-state index in [-0.39, 0.29) is 12.5 Å². The SMILES string of the molecule is CC(C)CC(C)(O)CNC(=O)[C@H](C)N. The lowest BCUT2D eigenvalue weighted by Gasteiger charge is -2.25. The molecule has 0 saturated heterocycles. The monoisotopic (exact) mass is 202 g/mol. The number of amides is 1. The van der Waals surface area contributed by atoms with E-state index in [1.54, 1.807) is 13.8 Å².